The van der Waals surface area contributed by atoms with Gasteiger partial charge in [-0.15, -0.1) is 11.3 Å². The van der Waals surface area contributed by atoms with Gasteiger partial charge in [-0.3, -0.25) is 4.79 Å². The van der Waals surface area contributed by atoms with Crippen molar-refractivity contribution in [3.05, 3.63) is 49.8 Å². The molecule has 0 saturated carbocycles. The van der Waals surface area contributed by atoms with Crippen molar-refractivity contribution in [2.24, 2.45) is 0 Å². The van der Waals surface area contributed by atoms with Crippen molar-refractivity contribution in [3.8, 4) is 6.07 Å². The van der Waals surface area contributed by atoms with Crippen molar-refractivity contribution in [1.82, 2.24) is 0 Å². The fraction of sp³-hybridized carbons (Fsp3) is 0.294. The van der Waals surface area contributed by atoms with Gasteiger partial charge in [-0.05, 0) is 49.4 Å². The second kappa shape index (κ2) is 6.92. The van der Waals surface area contributed by atoms with Crippen molar-refractivity contribution < 1.29 is 4.79 Å². The van der Waals surface area contributed by atoms with Crippen LogP contribution in [0.15, 0.2) is 18.2 Å². The summed E-state index contributed by atoms with van der Waals surface area (Å²) >= 11 is 13.5. The summed E-state index contributed by atoms with van der Waals surface area (Å²) in [7, 11) is 0. The highest BCUT2D eigenvalue weighted by atomic mass is 35.5. The minimum absolute atomic E-state index is 0.312. The molecule has 1 heterocycles. The quantitative estimate of drug-likeness (QED) is 0.720. The Bertz CT molecular complexity index is 808. The van der Waals surface area contributed by atoms with Gasteiger partial charge in [-0.25, -0.2) is 0 Å². The SMILES string of the molecule is N#Cc1c(NC(=O)c2cc(Cl)ccc2Cl)sc2c1CCCCC2. The minimum atomic E-state index is -0.342. The van der Waals surface area contributed by atoms with Gasteiger partial charge >= 0.3 is 0 Å². The molecule has 1 aromatic carbocycles. The molecule has 1 aliphatic carbocycles. The number of halogens is 2. The number of thiophene rings is 1. The smallest absolute Gasteiger partial charge is 0.257 e. The van der Waals surface area contributed by atoms with Crippen LogP contribution in [0, 0.1) is 11.3 Å². The molecule has 6 heteroatoms. The molecule has 0 aliphatic heterocycles. The van der Waals surface area contributed by atoms with Gasteiger partial charge in [0.25, 0.3) is 5.91 Å². The van der Waals surface area contributed by atoms with E-state index in [0.717, 1.165) is 31.2 Å². The number of carbonyl (C=O) groups excluding carboxylic acids is 1. The number of nitriles is 1. The average Bonchev–Trinajstić information content (AvgIpc) is 2.69. The van der Waals surface area contributed by atoms with Crippen molar-refractivity contribution in [3.63, 3.8) is 0 Å². The lowest BCUT2D eigenvalue weighted by Crippen LogP contribution is -2.12. The van der Waals surface area contributed by atoms with Crippen molar-refractivity contribution in [1.29, 1.82) is 5.26 Å². The standard InChI is InChI=1S/C17H14Cl2N2OS/c18-10-6-7-14(19)12(8-10)16(22)21-17-13(9-20)11-4-2-1-3-5-15(11)23-17/h6-8H,1-5H2,(H,21,22). The number of carbonyl (C=O) groups is 1. The summed E-state index contributed by atoms with van der Waals surface area (Å²) < 4.78 is 0. The number of aryl methyl sites for hydroxylation is 1. The Labute approximate surface area is 148 Å². The predicted octanol–water partition coefficient (Wildman–Crippen LogP) is 5.45. The van der Waals surface area contributed by atoms with Gasteiger partial charge in [-0.1, -0.05) is 29.6 Å². The molecule has 1 aliphatic rings. The van der Waals surface area contributed by atoms with Gasteiger partial charge in [0.05, 0.1) is 16.1 Å². The third-order valence-electron chi connectivity index (χ3n) is 3.93. The van der Waals surface area contributed by atoms with Crippen molar-refractivity contribution >= 4 is 45.4 Å². The normalized spacial score (nSPS) is 13.8. The first-order chi connectivity index (χ1) is 11.1. The molecule has 3 nitrogen and oxygen atoms in total. The van der Waals surface area contributed by atoms with Crippen molar-refractivity contribution in [2.75, 3.05) is 5.32 Å². The van der Waals surface area contributed by atoms with E-state index in [9.17, 15) is 10.1 Å². The van der Waals surface area contributed by atoms with E-state index in [1.165, 1.54) is 28.7 Å². The molecule has 23 heavy (non-hydrogen) atoms. The number of nitrogens with zero attached hydrogens (tertiary/aromatic N) is 1. The van der Waals surface area contributed by atoms with E-state index in [-0.39, 0.29) is 5.91 Å². The highest BCUT2D eigenvalue weighted by molar-refractivity contribution is 7.16. The Kier molecular flexibility index (Phi) is 4.91. The summed E-state index contributed by atoms with van der Waals surface area (Å²) in [6.07, 6.45) is 5.29. The number of hydrogen-bond acceptors (Lipinski definition) is 3. The van der Waals surface area contributed by atoms with Crippen LogP contribution in [0.2, 0.25) is 10.0 Å². The Morgan fingerprint density at radius 2 is 2.00 bits per heavy atom. The zero-order chi connectivity index (χ0) is 16.4. The maximum atomic E-state index is 12.5. The number of hydrogen-bond donors (Lipinski definition) is 1. The highest BCUT2D eigenvalue weighted by Crippen LogP contribution is 2.37. The lowest BCUT2D eigenvalue weighted by Gasteiger charge is -2.06. The molecule has 1 aromatic heterocycles. The monoisotopic (exact) mass is 364 g/mol. The fourth-order valence-electron chi connectivity index (χ4n) is 2.79. The third-order valence-corrected chi connectivity index (χ3v) is 5.71. The van der Waals surface area contributed by atoms with Crippen LogP contribution in [-0.2, 0) is 12.8 Å². The summed E-state index contributed by atoms with van der Waals surface area (Å²) in [6, 6.07) is 7.01. The Hall–Kier alpha value is -1.54. The molecular weight excluding hydrogens is 351 g/mol. The molecule has 2 aromatic rings. The van der Waals surface area contributed by atoms with E-state index in [1.54, 1.807) is 12.1 Å². The van der Waals surface area contributed by atoms with Crippen LogP contribution in [0.5, 0.6) is 0 Å². The van der Waals surface area contributed by atoms with Crippen LogP contribution in [0.3, 0.4) is 0 Å². The molecule has 0 saturated heterocycles. The Morgan fingerprint density at radius 1 is 1.22 bits per heavy atom. The van der Waals surface area contributed by atoms with Gasteiger partial charge in [-0.2, -0.15) is 5.26 Å². The van der Waals surface area contributed by atoms with Crippen LogP contribution in [-0.4, -0.2) is 5.91 Å². The van der Waals surface area contributed by atoms with Crippen LogP contribution < -0.4 is 5.32 Å². The highest BCUT2D eigenvalue weighted by Gasteiger charge is 2.22. The lowest BCUT2D eigenvalue weighted by atomic mass is 10.1. The molecule has 1 amide bonds. The van der Waals surface area contributed by atoms with Crippen LogP contribution in [0.25, 0.3) is 0 Å². The summed E-state index contributed by atoms with van der Waals surface area (Å²) in [5.74, 6) is -0.342. The molecule has 0 fully saturated rings. The van der Waals surface area contributed by atoms with E-state index >= 15 is 0 Å². The van der Waals surface area contributed by atoms with Crippen LogP contribution >= 0.6 is 34.5 Å². The maximum absolute atomic E-state index is 12.5. The zero-order valence-electron chi connectivity index (χ0n) is 12.3. The Morgan fingerprint density at radius 3 is 2.78 bits per heavy atom. The molecule has 1 N–H and O–H groups in total. The first-order valence-corrected chi connectivity index (χ1v) is 8.98. The second-order valence-electron chi connectivity index (χ2n) is 5.46. The minimum Gasteiger partial charge on any atom is -0.312 e. The number of nitrogens with one attached hydrogen (secondary N) is 1. The fourth-order valence-corrected chi connectivity index (χ4v) is 4.40. The largest absolute Gasteiger partial charge is 0.312 e. The molecule has 0 unspecified atom stereocenters. The number of benzene rings is 1. The van der Waals surface area contributed by atoms with E-state index in [4.69, 9.17) is 23.2 Å². The number of fused-ring (bicyclic) bond motifs is 1. The molecule has 0 atom stereocenters. The first-order valence-electron chi connectivity index (χ1n) is 7.41. The van der Waals surface area contributed by atoms with Crippen LogP contribution in [0.1, 0.15) is 45.6 Å². The first kappa shape index (κ1) is 16.3. The second-order valence-corrected chi connectivity index (χ2v) is 7.41. The van der Waals surface area contributed by atoms with Gasteiger partial charge < -0.3 is 5.32 Å². The predicted molar refractivity (Wildman–Crippen MR) is 94.7 cm³/mol. The topological polar surface area (TPSA) is 52.9 Å². The number of amides is 1. The molecule has 0 bridgehead atoms. The van der Waals surface area contributed by atoms with Crippen molar-refractivity contribution in [2.45, 2.75) is 32.1 Å². The molecule has 3 rings (SSSR count). The van der Waals surface area contributed by atoms with E-state index in [0.29, 0.717) is 26.2 Å². The summed E-state index contributed by atoms with van der Waals surface area (Å²) in [6.45, 7) is 0. The molecular formula is C17H14Cl2N2OS. The third kappa shape index (κ3) is 3.37. The van der Waals surface area contributed by atoms with Gasteiger partial charge in [0.2, 0.25) is 0 Å². The van der Waals surface area contributed by atoms with Gasteiger partial charge in [0, 0.05) is 9.90 Å². The Balaban J connectivity index is 1.93. The molecule has 0 radical (unpaired) electrons. The molecule has 0 spiro atoms. The van der Waals surface area contributed by atoms with E-state index < -0.39 is 0 Å². The van der Waals surface area contributed by atoms with Gasteiger partial charge in [0.1, 0.15) is 11.1 Å². The zero-order valence-corrected chi connectivity index (χ0v) is 14.6. The number of anilines is 1. The summed E-state index contributed by atoms with van der Waals surface area (Å²) in [5.41, 5.74) is 2.01. The summed E-state index contributed by atoms with van der Waals surface area (Å²) in [4.78, 5) is 13.7. The average molecular weight is 365 g/mol. The summed E-state index contributed by atoms with van der Waals surface area (Å²) in [5, 5.41) is 13.7. The van der Waals surface area contributed by atoms with E-state index in [2.05, 4.69) is 11.4 Å². The van der Waals surface area contributed by atoms with E-state index in [1.807, 2.05) is 0 Å². The lowest BCUT2D eigenvalue weighted by molar-refractivity contribution is 0.102. The number of rotatable bonds is 2. The molecule has 118 valence electrons. The maximum Gasteiger partial charge on any atom is 0.257 e. The van der Waals surface area contributed by atoms with Gasteiger partial charge in [0.15, 0.2) is 0 Å². The van der Waals surface area contributed by atoms with Crippen LogP contribution in [0.4, 0.5) is 5.00 Å².